The molecule has 1 fully saturated rings. The molecule has 1 aliphatic rings. The van der Waals surface area contributed by atoms with Crippen molar-refractivity contribution in [3.05, 3.63) is 70.8 Å². The molecule has 0 radical (unpaired) electrons. The van der Waals surface area contributed by atoms with Gasteiger partial charge >= 0.3 is 5.97 Å². The van der Waals surface area contributed by atoms with E-state index >= 15 is 0 Å². The third-order valence-electron chi connectivity index (χ3n) is 5.28. The summed E-state index contributed by atoms with van der Waals surface area (Å²) in [5.41, 5.74) is 0.322. The maximum atomic E-state index is 14.5. The third-order valence-corrected chi connectivity index (χ3v) is 8.25. The first-order valence-electron chi connectivity index (χ1n) is 9.33. The van der Waals surface area contributed by atoms with Crippen LogP contribution in [0, 0.1) is 11.6 Å². The minimum Gasteiger partial charge on any atom is -0.465 e. The topological polar surface area (TPSA) is 101 Å². The molecule has 7 nitrogen and oxygen atoms in total. The number of benzene rings is 2. The summed E-state index contributed by atoms with van der Waals surface area (Å²) >= 11 is -2.52. The van der Waals surface area contributed by atoms with Gasteiger partial charge in [0.15, 0.2) is 9.84 Å². The first-order valence-corrected chi connectivity index (χ1v) is 12.1. The van der Waals surface area contributed by atoms with Crippen molar-refractivity contribution in [1.29, 1.82) is 0 Å². The summed E-state index contributed by atoms with van der Waals surface area (Å²) in [6, 6.07) is 8.20. The fourth-order valence-electron chi connectivity index (χ4n) is 3.67. The second-order valence-electron chi connectivity index (χ2n) is 7.19. The molecule has 3 rings (SSSR count). The van der Waals surface area contributed by atoms with Crippen molar-refractivity contribution in [2.45, 2.75) is 30.7 Å². The normalized spacial score (nSPS) is 21.6. The van der Waals surface area contributed by atoms with Gasteiger partial charge < -0.3 is 4.74 Å². The largest absolute Gasteiger partial charge is 0.465 e. The Kier molecular flexibility index (Phi) is 7.20. The van der Waals surface area contributed by atoms with Crippen molar-refractivity contribution >= 4 is 27.1 Å². The van der Waals surface area contributed by atoms with Gasteiger partial charge in [0.05, 0.1) is 23.7 Å². The summed E-state index contributed by atoms with van der Waals surface area (Å²) in [5.74, 6) is -2.31. The molecule has 3 atom stereocenters. The summed E-state index contributed by atoms with van der Waals surface area (Å²) in [6.07, 6.45) is 0.0300. The number of esters is 1. The Morgan fingerprint density at radius 1 is 1.26 bits per heavy atom. The predicted octanol–water partition coefficient (Wildman–Crippen LogP) is 3.01. The van der Waals surface area contributed by atoms with E-state index in [0.29, 0.717) is 0 Å². The van der Waals surface area contributed by atoms with Crippen LogP contribution in [0.2, 0.25) is 0 Å². The molecular formula is C20H21F2NO6S2. The first kappa shape index (κ1) is 23.5. The van der Waals surface area contributed by atoms with Crippen molar-refractivity contribution in [2.24, 2.45) is 0 Å². The quantitative estimate of drug-likeness (QED) is 0.511. The van der Waals surface area contributed by atoms with Crippen LogP contribution in [0.5, 0.6) is 0 Å². The van der Waals surface area contributed by atoms with Gasteiger partial charge in [0.25, 0.3) is 0 Å². The van der Waals surface area contributed by atoms with Gasteiger partial charge in [-0.25, -0.2) is 26.2 Å². The number of rotatable bonds is 6. The molecule has 0 spiro atoms. The second kappa shape index (κ2) is 9.51. The van der Waals surface area contributed by atoms with Gasteiger partial charge in [-0.3, -0.25) is 4.55 Å². The lowest BCUT2D eigenvalue weighted by atomic mass is 10.0. The average molecular weight is 474 g/mol. The lowest BCUT2D eigenvalue weighted by molar-refractivity contribution is 0.0600. The molecule has 2 aromatic carbocycles. The Morgan fingerprint density at radius 3 is 2.61 bits per heavy atom. The lowest BCUT2D eigenvalue weighted by Crippen LogP contribution is -2.43. The van der Waals surface area contributed by atoms with Crippen LogP contribution in [0.1, 0.15) is 39.6 Å². The van der Waals surface area contributed by atoms with Gasteiger partial charge in [0.2, 0.25) is 11.3 Å². The van der Waals surface area contributed by atoms with E-state index in [1.807, 2.05) is 0 Å². The third kappa shape index (κ3) is 5.35. The molecule has 11 heteroatoms. The van der Waals surface area contributed by atoms with Gasteiger partial charge in [-0.1, -0.05) is 18.2 Å². The van der Waals surface area contributed by atoms with E-state index in [-0.39, 0.29) is 41.8 Å². The zero-order chi connectivity index (χ0) is 22.8. The van der Waals surface area contributed by atoms with Gasteiger partial charge in [-0.2, -0.15) is 4.31 Å². The van der Waals surface area contributed by atoms with Gasteiger partial charge in [-0.15, -0.1) is 0 Å². The standard InChI is InChI=1S/C20H21F2NO6S2/c1-29-20(24)14-5-6-15(18(22)10-14)12-23(30(25)26)17-7-8-31(27,28)19(11-17)13-3-2-4-16(21)9-13/h2-6,9-10,17,19H,7-8,11-12H2,1H3,(H,25,26). The molecule has 1 saturated heterocycles. The highest BCUT2D eigenvalue weighted by atomic mass is 32.2. The molecule has 0 amide bonds. The van der Waals surface area contributed by atoms with Crippen LogP contribution in [0.3, 0.4) is 0 Å². The maximum Gasteiger partial charge on any atom is 0.337 e. The molecule has 0 aliphatic carbocycles. The highest BCUT2D eigenvalue weighted by Gasteiger charge is 2.39. The molecule has 2 aromatic rings. The zero-order valence-corrected chi connectivity index (χ0v) is 18.2. The number of carbonyl (C=O) groups is 1. The summed E-state index contributed by atoms with van der Waals surface area (Å²) in [7, 11) is -2.42. The summed E-state index contributed by atoms with van der Waals surface area (Å²) in [4.78, 5) is 11.5. The van der Waals surface area contributed by atoms with Gasteiger partial charge in [0.1, 0.15) is 11.6 Å². The smallest absolute Gasteiger partial charge is 0.337 e. The highest BCUT2D eigenvalue weighted by molar-refractivity contribution is 7.91. The number of nitrogens with zero attached hydrogens (tertiary/aromatic N) is 1. The molecule has 0 bridgehead atoms. The molecule has 0 saturated carbocycles. The SMILES string of the molecule is COC(=O)c1ccc(CN(C2CCS(=O)(=O)C(c3cccc(F)c3)C2)S(=O)O)c(F)c1. The van der Waals surface area contributed by atoms with Crippen molar-refractivity contribution in [2.75, 3.05) is 12.9 Å². The van der Waals surface area contributed by atoms with Crippen LogP contribution in [0.25, 0.3) is 0 Å². The van der Waals surface area contributed by atoms with Crippen molar-refractivity contribution in [3.63, 3.8) is 0 Å². The first-order chi connectivity index (χ1) is 14.6. The van der Waals surface area contributed by atoms with Crippen LogP contribution in [-0.2, 0) is 32.4 Å². The number of carbonyl (C=O) groups excluding carboxylic acids is 1. The average Bonchev–Trinajstić information content (AvgIpc) is 2.72. The van der Waals surface area contributed by atoms with E-state index < -0.39 is 50.0 Å². The fourth-order valence-corrected chi connectivity index (χ4v) is 6.32. The zero-order valence-electron chi connectivity index (χ0n) is 16.5. The number of ether oxygens (including phenoxy) is 1. The van der Waals surface area contributed by atoms with Crippen molar-refractivity contribution < 1.29 is 35.5 Å². The highest BCUT2D eigenvalue weighted by Crippen LogP contribution is 2.36. The lowest BCUT2D eigenvalue weighted by Gasteiger charge is -2.35. The minimum absolute atomic E-state index is 0.00431. The number of methoxy groups -OCH3 is 1. The molecule has 3 unspecified atom stereocenters. The monoisotopic (exact) mass is 473 g/mol. The van der Waals surface area contributed by atoms with E-state index in [1.165, 1.54) is 30.3 Å². The van der Waals surface area contributed by atoms with E-state index in [9.17, 15) is 30.8 Å². The van der Waals surface area contributed by atoms with Crippen LogP contribution in [0.4, 0.5) is 8.78 Å². The molecular weight excluding hydrogens is 452 g/mol. The fraction of sp³-hybridized carbons (Fsp3) is 0.350. The van der Waals surface area contributed by atoms with Crippen molar-refractivity contribution in [3.8, 4) is 0 Å². The second-order valence-corrected chi connectivity index (χ2v) is 10.4. The molecule has 1 heterocycles. The number of hydrogen-bond acceptors (Lipinski definition) is 5. The number of halogens is 2. The number of sulfone groups is 1. The van der Waals surface area contributed by atoms with Gasteiger partial charge in [-0.05, 0) is 42.7 Å². The molecule has 0 aromatic heterocycles. The summed E-state index contributed by atoms with van der Waals surface area (Å²) in [5, 5.41) is -1.04. The summed E-state index contributed by atoms with van der Waals surface area (Å²) in [6.45, 7) is -0.281. The Hall–Kier alpha value is -2.21. The molecule has 31 heavy (non-hydrogen) atoms. The van der Waals surface area contributed by atoms with Crippen molar-refractivity contribution in [1.82, 2.24) is 4.31 Å². The van der Waals surface area contributed by atoms with E-state index in [4.69, 9.17) is 0 Å². The van der Waals surface area contributed by atoms with E-state index in [1.54, 1.807) is 0 Å². The molecule has 168 valence electrons. The maximum absolute atomic E-state index is 14.5. The van der Waals surface area contributed by atoms with Gasteiger partial charge in [0, 0.05) is 18.2 Å². The number of hydrogen-bond donors (Lipinski definition) is 1. The van der Waals surface area contributed by atoms with Crippen LogP contribution in [0.15, 0.2) is 42.5 Å². The van der Waals surface area contributed by atoms with E-state index in [2.05, 4.69) is 4.74 Å². The van der Waals surface area contributed by atoms with Crippen LogP contribution < -0.4 is 0 Å². The Bertz CT molecular complexity index is 1110. The molecule has 1 aliphatic heterocycles. The Labute approximate surface area is 181 Å². The molecule has 1 N–H and O–H groups in total. The van der Waals surface area contributed by atoms with Crippen LogP contribution in [-0.4, -0.2) is 46.4 Å². The summed E-state index contributed by atoms with van der Waals surface area (Å²) < 4.78 is 80.8. The van der Waals surface area contributed by atoms with Crippen LogP contribution >= 0.6 is 0 Å². The Morgan fingerprint density at radius 2 is 2.00 bits per heavy atom. The Balaban J connectivity index is 1.86. The predicted molar refractivity (Wildman–Crippen MR) is 110 cm³/mol. The van der Waals surface area contributed by atoms with E-state index in [0.717, 1.165) is 23.5 Å². The minimum atomic E-state index is -3.58.